The van der Waals surface area contributed by atoms with Crippen molar-refractivity contribution in [3.05, 3.63) is 59.2 Å². The van der Waals surface area contributed by atoms with Crippen molar-refractivity contribution in [1.82, 2.24) is 10.1 Å². The zero-order valence-corrected chi connectivity index (χ0v) is 16.4. The molecule has 0 bridgehead atoms. The van der Waals surface area contributed by atoms with E-state index in [-0.39, 0.29) is 47.0 Å². The summed E-state index contributed by atoms with van der Waals surface area (Å²) >= 11 is 5.77. The Bertz CT molecular complexity index is 1080. The molecule has 0 radical (unpaired) electrons. The monoisotopic (exact) mass is 437 g/mol. The van der Waals surface area contributed by atoms with Gasteiger partial charge in [-0.3, -0.25) is 4.79 Å². The predicted molar refractivity (Wildman–Crippen MR) is 102 cm³/mol. The van der Waals surface area contributed by atoms with E-state index in [1.807, 2.05) is 0 Å². The summed E-state index contributed by atoms with van der Waals surface area (Å²) in [6.07, 6.45) is -3.20. The molecule has 30 heavy (non-hydrogen) atoms. The fourth-order valence-corrected chi connectivity index (χ4v) is 3.36. The molecule has 2 aromatic carbocycles. The lowest BCUT2D eigenvalue weighted by Crippen LogP contribution is -2.25. The lowest BCUT2D eigenvalue weighted by atomic mass is 10.1. The van der Waals surface area contributed by atoms with Crippen molar-refractivity contribution in [3.63, 3.8) is 0 Å². The number of ether oxygens (including phenoxy) is 1. The SMILES string of the molecule is CC(F)(F)Oc1ccc(-c2noc(C3CC(=O)N(c4ccc(Cl)cc4F)C3)n2)cc1. The number of alkyl halides is 2. The maximum absolute atomic E-state index is 14.2. The van der Waals surface area contributed by atoms with Gasteiger partial charge in [-0.2, -0.15) is 13.8 Å². The van der Waals surface area contributed by atoms with Gasteiger partial charge < -0.3 is 14.2 Å². The van der Waals surface area contributed by atoms with Crippen molar-refractivity contribution in [1.29, 1.82) is 0 Å². The highest BCUT2D eigenvalue weighted by atomic mass is 35.5. The first-order valence-electron chi connectivity index (χ1n) is 8.96. The van der Waals surface area contributed by atoms with Gasteiger partial charge in [0.15, 0.2) is 0 Å². The van der Waals surface area contributed by atoms with E-state index in [9.17, 15) is 18.0 Å². The van der Waals surface area contributed by atoms with Crippen LogP contribution in [0.2, 0.25) is 5.02 Å². The highest BCUT2D eigenvalue weighted by Crippen LogP contribution is 2.34. The molecular weight excluding hydrogens is 423 g/mol. The third-order valence-corrected chi connectivity index (χ3v) is 4.76. The number of halogens is 4. The van der Waals surface area contributed by atoms with Crippen LogP contribution in [0.3, 0.4) is 0 Å². The molecule has 6 nitrogen and oxygen atoms in total. The Labute approximate surface area is 174 Å². The molecule has 0 spiro atoms. The van der Waals surface area contributed by atoms with Gasteiger partial charge in [-0.05, 0) is 42.5 Å². The highest BCUT2D eigenvalue weighted by molar-refractivity contribution is 6.30. The van der Waals surface area contributed by atoms with Crippen LogP contribution in [-0.2, 0) is 4.79 Å². The van der Waals surface area contributed by atoms with Gasteiger partial charge in [-0.1, -0.05) is 16.8 Å². The molecule has 2 heterocycles. The van der Waals surface area contributed by atoms with Crippen molar-refractivity contribution in [2.24, 2.45) is 0 Å². The first kappa shape index (κ1) is 20.2. The molecule has 0 aliphatic carbocycles. The number of rotatable bonds is 5. The van der Waals surface area contributed by atoms with E-state index >= 15 is 0 Å². The average molecular weight is 438 g/mol. The Morgan fingerprint density at radius 1 is 1.23 bits per heavy atom. The quantitative estimate of drug-likeness (QED) is 0.559. The Morgan fingerprint density at radius 3 is 2.63 bits per heavy atom. The first-order chi connectivity index (χ1) is 14.2. The van der Waals surface area contributed by atoms with Gasteiger partial charge in [-0.15, -0.1) is 0 Å². The van der Waals surface area contributed by atoms with E-state index in [4.69, 9.17) is 16.1 Å². The normalized spacial score (nSPS) is 16.9. The van der Waals surface area contributed by atoms with Gasteiger partial charge in [-0.25, -0.2) is 4.39 Å². The summed E-state index contributed by atoms with van der Waals surface area (Å²) in [4.78, 5) is 18.0. The Morgan fingerprint density at radius 2 is 1.97 bits per heavy atom. The number of carbonyl (C=O) groups is 1. The van der Waals surface area contributed by atoms with Crippen LogP contribution in [0, 0.1) is 5.82 Å². The summed E-state index contributed by atoms with van der Waals surface area (Å²) in [5.41, 5.74) is 0.664. The molecule has 1 amide bonds. The molecule has 1 saturated heterocycles. The van der Waals surface area contributed by atoms with Crippen molar-refractivity contribution in [3.8, 4) is 17.1 Å². The largest absolute Gasteiger partial charge is 0.433 e. The molecule has 3 aromatic rings. The molecular formula is C20H15ClF3N3O3. The summed E-state index contributed by atoms with van der Waals surface area (Å²) in [6.45, 7) is 0.825. The number of hydrogen-bond acceptors (Lipinski definition) is 5. The van der Waals surface area contributed by atoms with Gasteiger partial charge in [0.05, 0.1) is 11.6 Å². The van der Waals surface area contributed by atoms with Crippen LogP contribution in [0.15, 0.2) is 47.0 Å². The van der Waals surface area contributed by atoms with E-state index < -0.39 is 17.8 Å². The number of anilines is 1. The smallest absolute Gasteiger partial charge is 0.394 e. The fourth-order valence-electron chi connectivity index (χ4n) is 3.20. The first-order valence-corrected chi connectivity index (χ1v) is 9.34. The number of carbonyl (C=O) groups excluding carboxylic acids is 1. The number of aromatic nitrogens is 2. The molecule has 1 aliphatic rings. The Balaban J connectivity index is 1.50. The molecule has 156 valence electrons. The second kappa shape index (κ2) is 7.64. The van der Waals surface area contributed by atoms with Crippen LogP contribution in [0.5, 0.6) is 5.75 Å². The topological polar surface area (TPSA) is 68.5 Å². The van der Waals surface area contributed by atoms with Crippen LogP contribution in [0.25, 0.3) is 11.4 Å². The van der Waals surface area contributed by atoms with E-state index in [1.165, 1.54) is 41.3 Å². The highest BCUT2D eigenvalue weighted by Gasteiger charge is 2.36. The van der Waals surface area contributed by atoms with Crippen LogP contribution in [0.4, 0.5) is 18.9 Å². The van der Waals surface area contributed by atoms with E-state index in [1.54, 1.807) is 0 Å². The second-order valence-corrected chi connectivity index (χ2v) is 7.33. The molecule has 1 aromatic heterocycles. The number of benzene rings is 2. The minimum atomic E-state index is -3.29. The molecule has 10 heteroatoms. The zero-order chi connectivity index (χ0) is 21.5. The molecule has 0 saturated carbocycles. The molecule has 4 rings (SSSR count). The molecule has 1 atom stereocenters. The summed E-state index contributed by atoms with van der Waals surface area (Å²) in [7, 11) is 0. The number of hydrogen-bond donors (Lipinski definition) is 0. The standard InChI is InChI=1S/C20H15ClF3N3O3/c1-20(23,24)29-14-5-2-11(3-6-14)18-25-19(30-26-18)12-8-17(28)27(10-12)16-7-4-13(21)9-15(16)22/h2-7,9,12H,8,10H2,1H3. The molecule has 1 aliphatic heterocycles. The van der Waals surface area contributed by atoms with Crippen LogP contribution in [-0.4, -0.2) is 28.7 Å². The van der Waals surface area contributed by atoms with Crippen LogP contribution < -0.4 is 9.64 Å². The summed E-state index contributed by atoms with van der Waals surface area (Å²) in [6, 6.07) is 9.87. The third kappa shape index (κ3) is 4.25. The van der Waals surface area contributed by atoms with E-state index in [2.05, 4.69) is 14.9 Å². The zero-order valence-electron chi connectivity index (χ0n) is 15.6. The second-order valence-electron chi connectivity index (χ2n) is 6.89. The lowest BCUT2D eigenvalue weighted by Gasteiger charge is -2.16. The van der Waals surface area contributed by atoms with Crippen molar-refractivity contribution >= 4 is 23.2 Å². The third-order valence-electron chi connectivity index (χ3n) is 4.53. The van der Waals surface area contributed by atoms with Crippen LogP contribution >= 0.6 is 11.6 Å². The van der Waals surface area contributed by atoms with Gasteiger partial charge in [0.2, 0.25) is 17.6 Å². The maximum Gasteiger partial charge on any atom is 0.394 e. The minimum Gasteiger partial charge on any atom is -0.433 e. The predicted octanol–water partition coefficient (Wildman–Crippen LogP) is 5.04. The van der Waals surface area contributed by atoms with Crippen molar-refractivity contribution in [2.45, 2.75) is 25.4 Å². The lowest BCUT2D eigenvalue weighted by molar-refractivity contribution is -0.158. The fraction of sp³-hybridized carbons (Fsp3) is 0.250. The minimum absolute atomic E-state index is 0.00279. The summed E-state index contributed by atoms with van der Waals surface area (Å²) in [5.74, 6) is -0.808. The van der Waals surface area contributed by atoms with Gasteiger partial charge in [0, 0.05) is 30.5 Å². The van der Waals surface area contributed by atoms with Crippen molar-refractivity contribution < 1.29 is 27.2 Å². The Kier molecular flexibility index (Phi) is 5.15. The maximum atomic E-state index is 14.2. The average Bonchev–Trinajstić information content (AvgIpc) is 3.28. The van der Waals surface area contributed by atoms with Gasteiger partial charge in [0.1, 0.15) is 11.6 Å². The van der Waals surface area contributed by atoms with E-state index in [0.717, 1.165) is 6.07 Å². The number of amides is 1. The van der Waals surface area contributed by atoms with Gasteiger partial charge >= 0.3 is 6.11 Å². The van der Waals surface area contributed by atoms with Crippen LogP contribution in [0.1, 0.15) is 25.2 Å². The van der Waals surface area contributed by atoms with Gasteiger partial charge in [0.25, 0.3) is 0 Å². The summed E-state index contributed by atoms with van der Waals surface area (Å²) < 4.78 is 49.8. The van der Waals surface area contributed by atoms with Crippen molar-refractivity contribution in [2.75, 3.05) is 11.4 Å². The summed E-state index contributed by atoms with van der Waals surface area (Å²) in [5, 5.41) is 4.13. The Hall–Kier alpha value is -3.07. The molecule has 0 N–H and O–H groups in total. The molecule has 1 fully saturated rings. The number of nitrogens with zero attached hydrogens (tertiary/aromatic N) is 3. The molecule has 1 unspecified atom stereocenters. The van der Waals surface area contributed by atoms with E-state index in [0.29, 0.717) is 12.5 Å².